The number of nitrogen functional groups attached to an aromatic ring is 1. The van der Waals surface area contributed by atoms with Crippen molar-refractivity contribution in [1.29, 1.82) is 0 Å². The molecule has 0 aliphatic heterocycles. The average Bonchev–Trinajstić information content (AvgIpc) is 2.82. The third-order valence-electron chi connectivity index (χ3n) is 2.30. The number of nitrogens with zero attached hydrogens (tertiary/aromatic N) is 2. The third kappa shape index (κ3) is 3.40. The second-order valence-corrected chi connectivity index (χ2v) is 4.79. The molecule has 0 fully saturated rings. The summed E-state index contributed by atoms with van der Waals surface area (Å²) in [5.74, 6) is 6.67. The van der Waals surface area contributed by atoms with Gasteiger partial charge in [0, 0.05) is 23.4 Å². The van der Waals surface area contributed by atoms with Crippen LogP contribution in [0.3, 0.4) is 0 Å². The lowest BCUT2D eigenvalue weighted by molar-refractivity contribution is 0.793. The molecule has 2 aromatic rings. The molecule has 0 aromatic carbocycles. The number of nitrogens with two attached hydrogens (primary N) is 1. The van der Waals surface area contributed by atoms with Gasteiger partial charge in [0.15, 0.2) is 0 Å². The Labute approximate surface area is 104 Å². The Morgan fingerprint density at radius 3 is 2.94 bits per heavy atom. The summed E-state index contributed by atoms with van der Waals surface area (Å²) in [5.41, 5.74) is 2.50. The highest BCUT2D eigenvalue weighted by molar-refractivity contribution is 7.09. The quantitative estimate of drug-likeness (QED) is 0.557. The van der Waals surface area contributed by atoms with E-state index in [0.717, 1.165) is 12.2 Å². The van der Waals surface area contributed by atoms with E-state index in [9.17, 15) is 0 Å². The van der Waals surface area contributed by atoms with Crippen LogP contribution in [0.25, 0.3) is 0 Å². The van der Waals surface area contributed by atoms with Crippen molar-refractivity contribution in [3.05, 3.63) is 34.8 Å². The fourth-order valence-corrected chi connectivity index (χ4v) is 2.38. The standard InChI is InChI=1S/C11H15N5S/c1-8(5-9-3-2-4-17-9)15-10-6-11(16-12)14-7-13-10/h2-4,6-8H,5,12H2,1H3,(H2,13,14,15,16). The van der Waals surface area contributed by atoms with Crippen LogP contribution in [0.15, 0.2) is 29.9 Å². The van der Waals surface area contributed by atoms with Crippen molar-refractivity contribution in [3.8, 4) is 0 Å². The van der Waals surface area contributed by atoms with Gasteiger partial charge in [-0.3, -0.25) is 0 Å². The first-order valence-electron chi connectivity index (χ1n) is 5.35. The van der Waals surface area contributed by atoms with Crippen LogP contribution in [0.1, 0.15) is 11.8 Å². The lowest BCUT2D eigenvalue weighted by atomic mass is 10.2. The van der Waals surface area contributed by atoms with Crippen molar-refractivity contribution in [2.24, 2.45) is 5.84 Å². The zero-order valence-corrected chi connectivity index (χ0v) is 10.4. The monoisotopic (exact) mass is 249 g/mol. The normalized spacial score (nSPS) is 12.1. The summed E-state index contributed by atoms with van der Waals surface area (Å²) in [6, 6.07) is 6.29. The number of aromatic nitrogens is 2. The Bertz CT molecular complexity index is 457. The first-order valence-corrected chi connectivity index (χ1v) is 6.23. The molecule has 5 nitrogen and oxygen atoms in total. The fourth-order valence-electron chi connectivity index (χ4n) is 1.55. The van der Waals surface area contributed by atoms with Crippen LogP contribution in [0, 0.1) is 0 Å². The predicted octanol–water partition coefficient (Wildman–Crippen LogP) is 1.87. The molecule has 6 heteroatoms. The van der Waals surface area contributed by atoms with E-state index in [2.05, 4.69) is 45.1 Å². The van der Waals surface area contributed by atoms with Gasteiger partial charge in [0.2, 0.25) is 0 Å². The summed E-state index contributed by atoms with van der Waals surface area (Å²) in [7, 11) is 0. The van der Waals surface area contributed by atoms with Crippen LogP contribution in [0.5, 0.6) is 0 Å². The van der Waals surface area contributed by atoms with Crippen molar-refractivity contribution in [3.63, 3.8) is 0 Å². The minimum Gasteiger partial charge on any atom is -0.367 e. The van der Waals surface area contributed by atoms with Gasteiger partial charge in [-0.15, -0.1) is 11.3 Å². The van der Waals surface area contributed by atoms with Crippen LogP contribution in [-0.2, 0) is 6.42 Å². The topological polar surface area (TPSA) is 75.9 Å². The molecule has 2 rings (SSSR count). The number of nitrogens with one attached hydrogen (secondary N) is 2. The first kappa shape index (κ1) is 11.8. The molecule has 0 aliphatic rings. The number of rotatable bonds is 5. The zero-order chi connectivity index (χ0) is 12.1. The van der Waals surface area contributed by atoms with Crippen LogP contribution in [0.2, 0.25) is 0 Å². The van der Waals surface area contributed by atoms with E-state index in [1.54, 1.807) is 17.4 Å². The van der Waals surface area contributed by atoms with Gasteiger partial charge in [-0.05, 0) is 18.4 Å². The number of hydrazine groups is 1. The Balaban J connectivity index is 1.95. The van der Waals surface area contributed by atoms with E-state index < -0.39 is 0 Å². The van der Waals surface area contributed by atoms with Crippen molar-refractivity contribution in [2.75, 3.05) is 10.7 Å². The van der Waals surface area contributed by atoms with E-state index in [1.807, 2.05) is 0 Å². The molecule has 2 aromatic heterocycles. The summed E-state index contributed by atoms with van der Waals surface area (Å²) >= 11 is 1.76. The van der Waals surface area contributed by atoms with Gasteiger partial charge < -0.3 is 10.7 Å². The maximum atomic E-state index is 5.29. The van der Waals surface area contributed by atoms with Crippen molar-refractivity contribution < 1.29 is 0 Å². The van der Waals surface area contributed by atoms with E-state index in [-0.39, 0.29) is 0 Å². The molecule has 0 spiro atoms. The van der Waals surface area contributed by atoms with Gasteiger partial charge in [-0.1, -0.05) is 6.07 Å². The summed E-state index contributed by atoms with van der Waals surface area (Å²) in [6.45, 7) is 2.12. The minimum absolute atomic E-state index is 0.314. The third-order valence-corrected chi connectivity index (χ3v) is 3.20. The fraction of sp³-hybridized carbons (Fsp3) is 0.273. The van der Waals surface area contributed by atoms with Crippen molar-refractivity contribution in [1.82, 2.24) is 9.97 Å². The van der Waals surface area contributed by atoms with Crippen molar-refractivity contribution in [2.45, 2.75) is 19.4 Å². The largest absolute Gasteiger partial charge is 0.367 e. The highest BCUT2D eigenvalue weighted by Gasteiger charge is 2.05. The summed E-state index contributed by atoms with van der Waals surface area (Å²) in [5, 5.41) is 5.40. The Morgan fingerprint density at radius 2 is 2.24 bits per heavy atom. The lowest BCUT2D eigenvalue weighted by Gasteiger charge is -2.13. The van der Waals surface area contributed by atoms with Gasteiger partial charge >= 0.3 is 0 Å². The second kappa shape index (κ2) is 5.60. The summed E-state index contributed by atoms with van der Waals surface area (Å²) < 4.78 is 0. The average molecular weight is 249 g/mol. The number of hydrogen-bond donors (Lipinski definition) is 3. The number of anilines is 2. The molecule has 0 saturated carbocycles. The lowest BCUT2D eigenvalue weighted by Crippen LogP contribution is -2.19. The molecule has 4 N–H and O–H groups in total. The summed E-state index contributed by atoms with van der Waals surface area (Å²) in [4.78, 5) is 9.46. The Kier molecular flexibility index (Phi) is 3.89. The molecule has 0 amide bonds. The van der Waals surface area contributed by atoms with E-state index >= 15 is 0 Å². The Hall–Kier alpha value is -1.66. The molecule has 0 saturated heterocycles. The SMILES string of the molecule is CC(Cc1cccs1)Nc1cc(NN)ncn1. The molecule has 1 unspecified atom stereocenters. The molecular weight excluding hydrogens is 234 g/mol. The minimum atomic E-state index is 0.314. The zero-order valence-electron chi connectivity index (χ0n) is 9.55. The van der Waals surface area contributed by atoms with Gasteiger partial charge in [0.05, 0.1) is 0 Å². The molecule has 17 heavy (non-hydrogen) atoms. The van der Waals surface area contributed by atoms with E-state index in [1.165, 1.54) is 11.2 Å². The van der Waals surface area contributed by atoms with Crippen LogP contribution < -0.4 is 16.6 Å². The molecule has 0 bridgehead atoms. The molecule has 0 radical (unpaired) electrons. The maximum absolute atomic E-state index is 5.29. The second-order valence-electron chi connectivity index (χ2n) is 3.76. The highest BCUT2D eigenvalue weighted by Crippen LogP contribution is 2.14. The number of hydrogen-bond acceptors (Lipinski definition) is 6. The highest BCUT2D eigenvalue weighted by atomic mass is 32.1. The Morgan fingerprint density at radius 1 is 1.41 bits per heavy atom. The van der Waals surface area contributed by atoms with Gasteiger partial charge in [0.25, 0.3) is 0 Å². The van der Waals surface area contributed by atoms with Gasteiger partial charge in [-0.2, -0.15) is 0 Å². The number of thiophene rings is 1. The maximum Gasteiger partial charge on any atom is 0.145 e. The van der Waals surface area contributed by atoms with Crippen LogP contribution >= 0.6 is 11.3 Å². The molecule has 1 atom stereocenters. The molecule has 90 valence electrons. The van der Waals surface area contributed by atoms with E-state index in [4.69, 9.17) is 5.84 Å². The molecular formula is C11H15N5S. The van der Waals surface area contributed by atoms with Crippen LogP contribution in [0.4, 0.5) is 11.6 Å². The smallest absolute Gasteiger partial charge is 0.145 e. The van der Waals surface area contributed by atoms with Crippen LogP contribution in [-0.4, -0.2) is 16.0 Å². The molecule has 2 heterocycles. The first-order chi connectivity index (χ1) is 8.28. The van der Waals surface area contributed by atoms with Gasteiger partial charge in [-0.25, -0.2) is 15.8 Å². The van der Waals surface area contributed by atoms with Gasteiger partial charge in [0.1, 0.15) is 18.0 Å². The molecule has 0 aliphatic carbocycles. The van der Waals surface area contributed by atoms with Crippen molar-refractivity contribution >= 4 is 23.0 Å². The van der Waals surface area contributed by atoms with E-state index in [0.29, 0.717) is 11.9 Å². The predicted molar refractivity (Wildman–Crippen MR) is 70.9 cm³/mol. The summed E-state index contributed by atoms with van der Waals surface area (Å²) in [6.07, 6.45) is 2.46.